The molecule has 5 nitrogen and oxygen atoms in total. The summed E-state index contributed by atoms with van der Waals surface area (Å²) in [5, 5.41) is 3.07. The zero-order valence-electron chi connectivity index (χ0n) is 12.2. The molecule has 108 valence electrons. The van der Waals surface area contributed by atoms with E-state index < -0.39 is 0 Å². The zero-order chi connectivity index (χ0) is 14.8. The van der Waals surface area contributed by atoms with Crippen molar-refractivity contribution in [1.29, 1.82) is 0 Å². The highest BCUT2D eigenvalue weighted by atomic mass is 16.1. The molecule has 1 aliphatic rings. The summed E-state index contributed by atoms with van der Waals surface area (Å²) in [6.07, 6.45) is 5.07. The summed E-state index contributed by atoms with van der Waals surface area (Å²) < 4.78 is 0. The summed E-state index contributed by atoms with van der Waals surface area (Å²) in [4.78, 5) is 22.7. The molecule has 0 bridgehead atoms. The number of carbonyl (C=O) groups is 1. The van der Waals surface area contributed by atoms with Gasteiger partial charge < -0.3 is 10.2 Å². The molecule has 0 saturated carbocycles. The van der Waals surface area contributed by atoms with Gasteiger partial charge in [0, 0.05) is 31.0 Å². The summed E-state index contributed by atoms with van der Waals surface area (Å²) in [5.41, 5.74) is 2.86. The standard InChI is InChI=1S/C16H18N4O/c1-11-3-4-12(2)14(7-11)16(21)19-13-9-20(10-13)15-8-17-5-6-18-15/h3-8,13H,9-10H2,1-2H3,(H,19,21). The first-order chi connectivity index (χ1) is 10.1. The number of aromatic nitrogens is 2. The van der Waals surface area contributed by atoms with Gasteiger partial charge in [-0.05, 0) is 25.5 Å². The van der Waals surface area contributed by atoms with E-state index in [9.17, 15) is 4.79 Å². The number of anilines is 1. The van der Waals surface area contributed by atoms with Gasteiger partial charge in [-0.2, -0.15) is 0 Å². The second kappa shape index (κ2) is 5.52. The molecule has 1 N–H and O–H groups in total. The normalized spacial score (nSPS) is 14.7. The molecule has 1 aromatic carbocycles. The van der Waals surface area contributed by atoms with Crippen LogP contribution in [0.1, 0.15) is 21.5 Å². The first kappa shape index (κ1) is 13.5. The van der Waals surface area contributed by atoms with E-state index in [0.717, 1.165) is 35.6 Å². The number of hydrogen-bond acceptors (Lipinski definition) is 4. The monoisotopic (exact) mass is 282 g/mol. The van der Waals surface area contributed by atoms with Gasteiger partial charge >= 0.3 is 0 Å². The van der Waals surface area contributed by atoms with Crippen molar-refractivity contribution in [2.75, 3.05) is 18.0 Å². The van der Waals surface area contributed by atoms with Gasteiger partial charge in [-0.25, -0.2) is 4.98 Å². The Morgan fingerprint density at radius 2 is 2.10 bits per heavy atom. The van der Waals surface area contributed by atoms with Crippen molar-refractivity contribution in [3.63, 3.8) is 0 Å². The predicted octanol–water partition coefficient (Wildman–Crippen LogP) is 1.71. The summed E-state index contributed by atoms with van der Waals surface area (Å²) in [6.45, 7) is 5.50. The second-order valence-electron chi connectivity index (χ2n) is 5.46. The third-order valence-corrected chi connectivity index (χ3v) is 3.73. The Balaban J connectivity index is 1.59. The van der Waals surface area contributed by atoms with E-state index in [2.05, 4.69) is 20.2 Å². The van der Waals surface area contributed by atoms with Crippen molar-refractivity contribution >= 4 is 11.7 Å². The van der Waals surface area contributed by atoms with Crippen molar-refractivity contribution in [1.82, 2.24) is 15.3 Å². The quantitative estimate of drug-likeness (QED) is 0.931. The summed E-state index contributed by atoms with van der Waals surface area (Å²) in [5.74, 6) is 0.856. The second-order valence-corrected chi connectivity index (χ2v) is 5.46. The lowest BCUT2D eigenvalue weighted by Gasteiger charge is -2.40. The van der Waals surface area contributed by atoms with Crippen molar-refractivity contribution in [2.45, 2.75) is 19.9 Å². The molecular formula is C16H18N4O. The van der Waals surface area contributed by atoms with Crippen molar-refractivity contribution in [3.8, 4) is 0 Å². The maximum absolute atomic E-state index is 12.3. The van der Waals surface area contributed by atoms with E-state index >= 15 is 0 Å². The molecule has 0 spiro atoms. The lowest BCUT2D eigenvalue weighted by molar-refractivity contribution is 0.0929. The van der Waals surface area contributed by atoms with Gasteiger partial charge in [-0.3, -0.25) is 9.78 Å². The SMILES string of the molecule is Cc1ccc(C)c(C(=O)NC2CN(c3cnccn3)C2)c1. The third-order valence-electron chi connectivity index (χ3n) is 3.73. The smallest absolute Gasteiger partial charge is 0.251 e. The molecule has 3 rings (SSSR count). The molecule has 1 amide bonds. The van der Waals surface area contributed by atoms with E-state index in [4.69, 9.17) is 0 Å². The summed E-state index contributed by atoms with van der Waals surface area (Å²) in [6, 6.07) is 6.10. The molecule has 2 aromatic rings. The minimum Gasteiger partial charge on any atom is -0.351 e. The van der Waals surface area contributed by atoms with Crippen LogP contribution < -0.4 is 10.2 Å². The number of nitrogens with zero attached hydrogens (tertiary/aromatic N) is 3. The van der Waals surface area contributed by atoms with Gasteiger partial charge in [0.1, 0.15) is 5.82 Å². The molecule has 0 aliphatic carbocycles. The van der Waals surface area contributed by atoms with Crippen LogP contribution in [0.3, 0.4) is 0 Å². The fourth-order valence-electron chi connectivity index (χ4n) is 2.46. The number of aryl methyl sites for hydroxylation is 2. The first-order valence-corrected chi connectivity index (χ1v) is 7.02. The Kier molecular flexibility index (Phi) is 3.56. The Hall–Kier alpha value is -2.43. The van der Waals surface area contributed by atoms with Crippen molar-refractivity contribution in [2.24, 2.45) is 0 Å². The lowest BCUT2D eigenvalue weighted by Crippen LogP contribution is -2.59. The fourth-order valence-corrected chi connectivity index (χ4v) is 2.46. The van der Waals surface area contributed by atoms with Gasteiger partial charge in [-0.15, -0.1) is 0 Å². The molecule has 0 radical (unpaired) electrons. The third kappa shape index (κ3) is 2.86. The average Bonchev–Trinajstić information content (AvgIpc) is 2.45. The maximum atomic E-state index is 12.3. The number of hydrogen-bond donors (Lipinski definition) is 1. The highest BCUT2D eigenvalue weighted by molar-refractivity contribution is 5.96. The van der Waals surface area contributed by atoms with Gasteiger partial charge in [0.2, 0.25) is 0 Å². The van der Waals surface area contributed by atoms with E-state index in [-0.39, 0.29) is 11.9 Å². The molecule has 1 aliphatic heterocycles. The molecule has 21 heavy (non-hydrogen) atoms. The molecule has 0 unspecified atom stereocenters. The Morgan fingerprint density at radius 3 is 2.81 bits per heavy atom. The van der Waals surface area contributed by atoms with Crippen LogP contribution in [0.4, 0.5) is 5.82 Å². The Bertz CT molecular complexity index is 651. The summed E-state index contributed by atoms with van der Waals surface area (Å²) >= 11 is 0. The van der Waals surface area contributed by atoms with Gasteiger partial charge in [0.25, 0.3) is 5.91 Å². The Labute approximate surface area is 124 Å². The molecule has 1 saturated heterocycles. The van der Waals surface area contributed by atoms with Gasteiger partial charge in [-0.1, -0.05) is 17.7 Å². The molecule has 2 heterocycles. The van der Waals surface area contributed by atoms with Gasteiger partial charge in [0.15, 0.2) is 0 Å². The van der Waals surface area contributed by atoms with E-state index in [0.29, 0.717) is 0 Å². The molecule has 1 fully saturated rings. The van der Waals surface area contributed by atoms with E-state index in [1.165, 1.54) is 0 Å². The predicted molar refractivity (Wildman–Crippen MR) is 81.4 cm³/mol. The van der Waals surface area contributed by atoms with Gasteiger partial charge in [0.05, 0.1) is 12.2 Å². The number of benzene rings is 1. The van der Waals surface area contributed by atoms with Crippen LogP contribution in [0.2, 0.25) is 0 Å². The van der Waals surface area contributed by atoms with Crippen LogP contribution in [0, 0.1) is 13.8 Å². The van der Waals surface area contributed by atoms with Crippen molar-refractivity contribution < 1.29 is 4.79 Å². The highest BCUT2D eigenvalue weighted by Crippen LogP contribution is 2.17. The minimum absolute atomic E-state index is 0.00000383. The van der Waals surface area contributed by atoms with Crippen LogP contribution in [-0.2, 0) is 0 Å². The maximum Gasteiger partial charge on any atom is 0.251 e. The van der Waals surface area contributed by atoms with Crippen LogP contribution in [0.5, 0.6) is 0 Å². The highest BCUT2D eigenvalue weighted by Gasteiger charge is 2.29. The van der Waals surface area contributed by atoms with Crippen molar-refractivity contribution in [3.05, 3.63) is 53.5 Å². The minimum atomic E-state index is -0.00000383. The fraction of sp³-hybridized carbons (Fsp3) is 0.312. The lowest BCUT2D eigenvalue weighted by atomic mass is 10.0. The van der Waals surface area contributed by atoms with Crippen LogP contribution >= 0.6 is 0 Å². The topological polar surface area (TPSA) is 58.1 Å². The zero-order valence-corrected chi connectivity index (χ0v) is 12.2. The van der Waals surface area contributed by atoms with Crippen LogP contribution in [0.25, 0.3) is 0 Å². The van der Waals surface area contributed by atoms with E-state index in [1.807, 2.05) is 32.0 Å². The van der Waals surface area contributed by atoms with E-state index in [1.54, 1.807) is 18.6 Å². The molecule has 5 heteroatoms. The number of amides is 1. The Morgan fingerprint density at radius 1 is 1.29 bits per heavy atom. The number of rotatable bonds is 3. The largest absolute Gasteiger partial charge is 0.351 e. The summed E-state index contributed by atoms with van der Waals surface area (Å²) in [7, 11) is 0. The molecule has 1 aromatic heterocycles. The molecule has 0 atom stereocenters. The molecular weight excluding hydrogens is 264 g/mol. The number of nitrogens with one attached hydrogen (secondary N) is 1. The van der Waals surface area contributed by atoms with Crippen LogP contribution in [-0.4, -0.2) is 35.0 Å². The van der Waals surface area contributed by atoms with Crippen LogP contribution in [0.15, 0.2) is 36.8 Å². The average molecular weight is 282 g/mol. The number of carbonyl (C=O) groups excluding carboxylic acids is 1. The first-order valence-electron chi connectivity index (χ1n) is 7.02.